The summed E-state index contributed by atoms with van der Waals surface area (Å²) < 4.78 is 0. The fraction of sp³-hybridized carbons (Fsp3) is 0.429. The molecule has 0 spiro atoms. The summed E-state index contributed by atoms with van der Waals surface area (Å²) in [6, 6.07) is 9.92. The van der Waals surface area contributed by atoms with E-state index in [0.717, 1.165) is 18.4 Å². The van der Waals surface area contributed by atoms with Gasteiger partial charge in [0.2, 0.25) is 11.7 Å². The molecule has 1 amide bonds. The molecule has 0 bridgehead atoms. The molecule has 1 aromatic heterocycles. The Morgan fingerprint density at radius 2 is 2.00 bits per heavy atom. The standard InChI is InChI=1S/C14H17N5O/c20-13(15-12-8-4-5-9-12)10-19-17-14(16-18-19)11-6-2-1-3-7-11/h1-3,6-7,12H,4-5,8-10H2,(H,15,20). The molecule has 6 heteroatoms. The molecule has 6 nitrogen and oxygen atoms in total. The molecule has 0 radical (unpaired) electrons. The van der Waals surface area contributed by atoms with Crippen LogP contribution in [0.3, 0.4) is 0 Å². The summed E-state index contributed by atoms with van der Waals surface area (Å²) in [6.07, 6.45) is 4.55. The third-order valence-electron chi connectivity index (χ3n) is 3.49. The Bertz CT molecular complexity index is 574. The van der Waals surface area contributed by atoms with Crippen LogP contribution in [0.25, 0.3) is 11.4 Å². The maximum atomic E-state index is 11.9. The van der Waals surface area contributed by atoms with E-state index in [1.807, 2.05) is 30.3 Å². The Kier molecular flexibility index (Phi) is 3.71. The monoisotopic (exact) mass is 271 g/mol. The predicted molar refractivity (Wildman–Crippen MR) is 73.7 cm³/mol. The van der Waals surface area contributed by atoms with Crippen molar-refractivity contribution in [1.82, 2.24) is 25.5 Å². The lowest BCUT2D eigenvalue weighted by atomic mass is 10.2. The van der Waals surface area contributed by atoms with E-state index in [0.29, 0.717) is 11.9 Å². The summed E-state index contributed by atoms with van der Waals surface area (Å²) in [5.41, 5.74) is 0.898. The van der Waals surface area contributed by atoms with Crippen LogP contribution in [0, 0.1) is 0 Å². The minimum absolute atomic E-state index is 0.0473. The zero-order valence-electron chi connectivity index (χ0n) is 11.2. The number of nitrogens with one attached hydrogen (secondary N) is 1. The van der Waals surface area contributed by atoms with Crippen LogP contribution in [0.1, 0.15) is 25.7 Å². The van der Waals surface area contributed by atoms with Crippen LogP contribution < -0.4 is 5.32 Å². The summed E-state index contributed by atoms with van der Waals surface area (Å²) in [7, 11) is 0. The molecular weight excluding hydrogens is 254 g/mol. The van der Waals surface area contributed by atoms with E-state index in [4.69, 9.17) is 0 Å². The van der Waals surface area contributed by atoms with Gasteiger partial charge in [-0.05, 0) is 18.1 Å². The lowest BCUT2D eigenvalue weighted by Gasteiger charge is -2.10. The molecule has 1 aromatic carbocycles. The lowest BCUT2D eigenvalue weighted by molar-refractivity contribution is -0.122. The first-order valence-electron chi connectivity index (χ1n) is 6.94. The van der Waals surface area contributed by atoms with Crippen molar-refractivity contribution in [3.63, 3.8) is 0 Å². The maximum Gasteiger partial charge on any atom is 0.243 e. The molecule has 2 aromatic rings. The second-order valence-electron chi connectivity index (χ2n) is 5.06. The minimum Gasteiger partial charge on any atom is -0.352 e. The Labute approximate surface area is 117 Å². The van der Waals surface area contributed by atoms with E-state index in [-0.39, 0.29) is 12.5 Å². The van der Waals surface area contributed by atoms with Crippen molar-refractivity contribution in [3.05, 3.63) is 30.3 Å². The van der Waals surface area contributed by atoms with Crippen molar-refractivity contribution in [2.24, 2.45) is 0 Å². The number of carbonyl (C=O) groups excluding carboxylic acids is 1. The van der Waals surface area contributed by atoms with Gasteiger partial charge in [0, 0.05) is 11.6 Å². The molecule has 0 aliphatic heterocycles. The van der Waals surface area contributed by atoms with Crippen LogP contribution in [-0.4, -0.2) is 32.2 Å². The third-order valence-corrected chi connectivity index (χ3v) is 3.49. The van der Waals surface area contributed by atoms with Crippen molar-refractivity contribution < 1.29 is 4.79 Å². The first-order chi connectivity index (χ1) is 9.81. The molecule has 1 aliphatic carbocycles. The van der Waals surface area contributed by atoms with Crippen LogP contribution in [0.15, 0.2) is 30.3 Å². The molecule has 1 heterocycles. The summed E-state index contributed by atoms with van der Waals surface area (Å²) in [4.78, 5) is 13.2. The predicted octanol–water partition coefficient (Wildman–Crippen LogP) is 1.40. The van der Waals surface area contributed by atoms with Crippen molar-refractivity contribution in [2.75, 3.05) is 0 Å². The fourth-order valence-electron chi connectivity index (χ4n) is 2.48. The normalized spacial score (nSPS) is 15.4. The van der Waals surface area contributed by atoms with E-state index in [9.17, 15) is 4.79 Å². The largest absolute Gasteiger partial charge is 0.352 e. The van der Waals surface area contributed by atoms with E-state index in [2.05, 4.69) is 20.7 Å². The van der Waals surface area contributed by atoms with Crippen molar-refractivity contribution in [3.8, 4) is 11.4 Å². The lowest BCUT2D eigenvalue weighted by Crippen LogP contribution is -2.35. The minimum atomic E-state index is -0.0473. The van der Waals surface area contributed by atoms with Gasteiger partial charge in [0.15, 0.2) is 0 Å². The van der Waals surface area contributed by atoms with E-state index >= 15 is 0 Å². The number of tetrazole rings is 1. The molecular formula is C14H17N5O. The second kappa shape index (κ2) is 5.81. The van der Waals surface area contributed by atoms with Gasteiger partial charge in [0.05, 0.1) is 0 Å². The highest BCUT2D eigenvalue weighted by Gasteiger charge is 2.17. The number of aromatic nitrogens is 4. The molecule has 1 fully saturated rings. The number of carbonyl (C=O) groups is 1. The third kappa shape index (κ3) is 3.01. The smallest absolute Gasteiger partial charge is 0.243 e. The van der Waals surface area contributed by atoms with Gasteiger partial charge in [-0.1, -0.05) is 43.2 Å². The molecule has 20 heavy (non-hydrogen) atoms. The second-order valence-corrected chi connectivity index (χ2v) is 5.06. The number of hydrogen-bond acceptors (Lipinski definition) is 4. The Hall–Kier alpha value is -2.24. The zero-order chi connectivity index (χ0) is 13.8. The van der Waals surface area contributed by atoms with Gasteiger partial charge in [-0.3, -0.25) is 4.79 Å². The Morgan fingerprint density at radius 3 is 2.75 bits per heavy atom. The first kappa shape index (κ1) is 12.8. The number of nitrogens with zero attached hydrogens (tertiary/aromatic N) is 4. The molecule has 1 saturated carbocycles. The number of hydrogen-bond donors (Lipinski definition) is 1. The summed E-state index contributed by atoms with van der Waals surface area (Å²) in [6.45, 7) is 0.121. The molecule has 0 saturated heterocycles. The SMILES string of the molecule is O=C(Cn1nnc(-c2ccccc2)n1)NC1CCCC1. The fourth-order valence-corrected chi connectivity index (χ4v) is 2.48. The molecule has 1 aliphatic rings. The number of amides is 1. The quantitative estimate of drug-likeness (QED) is 0.912. The van der Waals surface area contributed by atoms with E-state index in [1.54, 1.807) is 0 Å². The van der Waals surface area contributed by atoms with Gasteiger partial charge in [-0.25, -0.2) is 0 Å². The van der Waals surface area contributed by atoms with Gasteiger partial charge in [0.25, 0.3) is 0 Å². The number of rotatable bonds is 4. The Balaban J connectivity index is 1.61. The highest BCUT2D eigenvalue weighted by Crippen LogP contribution is 2.17. The molecule has 0 unspecified atom stereocenters. The molecule has 1 N–H and O–H groups in total. The molecule has 3 rings (SSSR count). The Morgan fingerprint density at radius 1 is 1.25 bits per heavy atom. The van der Waals surface area contributed by atoms with Gasteiger partial charge in [-0.15, -0.1) is 10.2 Å². The first-order valence-corrected chi connectivity index (χ1v) is 6.94. The summed E-state index contributed by atoms with van der Waals surface area (Å²) >= 11 is 0. The van der Waals surface area contributed by atoms with E-state index < -0.39 is 0 Å². The van der Waals surface area contributed by atoms with Crippen molar-refractivity contribution >= 4 is 5.91 Å². The number of benzene rings is 1. The zero-order valence-corrected chi connectivity index (χ0v) is 11.2. The average molecular weight is 271 g/mol. The van der Waals surface area contributed by atoms with Gasteiger partial charge < -0.3 is 5.32 Å². The van der Waals surface area contributed by atoms with Crippen LogP contribution in [0.5, 0.6) is 0 Å². The van der Waals surface area contributed by atoms with Crippen molar-refractivity contribution in [2.45, 2.75) is 38.3 Å². The maximum absolute atomic E-state index is 11.9. The highest BCUT2D eigenvalue weighted by atomic mass is 16.2. The summed E-state index contributed by atoms with van der Waals surface area (Å²) in [5, 5.41) is 15.1. The van der Waals surface area contributed by atoms with E-state index in [1.165, 1.54) is 17.6 Å². The van der Waals surface area contributed by atoms with Crippen LogP contribution in [0.4, 0.5) is 0 Å². The van der Waals surface area contributed by atoms with Crippen LogP contribution in [0.2, 0.25) is 0 Å². The molecule has 0 atom stereocenters. The average Bonchev–Trinajstić information content (AvgIpc) is 3.11. The van der Waals surface area contributed by atoms with Crippen LogP contribution >= 0.6 is 0 Å². The van der Waals surface area contributed by atoms with Crippen LogP contribution in [-0.2, 0) is 11.3 Å². The highest BCUT2D eigenvalue weighted by molar-refractivity contribution is 5.75. The van der Waals surface area contributed by atoms with Gasteiger partial charge >= 0.3 is 0 Å². The van der Waals surface area contributed by atoms with Gasteiger partial charge in [-0.2, -0.15) is 4.80 Å². The topological polar surface area (TPSA) is 72.7 Å². The molecule has 104 valence electrons. The van der Waals surface area contributed by atoms with Gasteiger partial charge in [0.1, 0.15) is 6.54 Å². The summed E-state index contributed by atoms with van der Waals surface area (Å²) in [5.74, 6) is 0.494. The van der Waals surface area contributed by atoms with Crippen molar-refractivity contribution in [1.29, 1.82) is 0 Å².